The van der Waals surface area contributed by atoms with Crippen molar-refractivity contribution in [2.24, 2.45) is 0 Å². The van der Waals surface area contributed by atoms with Crippen molar-refractivity contribution in [2.45, 2.75) is 25.7 Å². The van der Waals surface area contributed by atoms with E-state index in [4.69, 9.17) is 23.2 Å². The Kier molecular flexibility index (Phi) is 3.65. The van der Waals surface area contributed by atoms with E-state index in [1.54, 1.807) is 0 Å². The Bertz CT molecular complexity index is 700. The number of nitrogens with zero attached hydrogens (tertiary/aromatic N) is 2. The Hall–Kier alpha value is -1.56. The summed E-state index contributed by atoms with van der Waals surface area (Å²) in [6.07, 6.45) is 4.08. The van der Waals surface area contributed by atoms with Crippen LogP contribution in [0.4, 0.5) is 0 Å². The van der Waals surface area contributed by atoms with Crippen molar-refractivity contribution < 1.29 is 0 Å². The fourth-order valence-electron chi connectivity index (χ4n) is 2.75. The second-order valence-electron chi connectivity index (χ2n) is 4.91. The smallest absolute Gasteiger partial charge is 0.147 e. The van der Waals surface area contributed by atoms with Crippen molar-refractivity contribution >= 4 is 23.2 Å². The summed E-state index contributed by atoms with van der Waals surface area (Å²) in [6.45, 7) is 0. The van der Waals surface area contributed by atoms with Gasteiger partial charge in [0.2, 0.25) is 0 Å². The lowest BCUT2D eigenvalue weighted by atomic mass is 9.86. The van der Waals surface area contributed by atoms with E-state index in [0.29, 0.717) is 15.7 Å². The number of fused-ring (bicyclic) bond motifs is 1. The lowest BCUT2D eigenvalue weighted by molar-refractivity contribution is 0.682. The fourth-order valence-corrected chi connectivity index (χ4v) is 3.12. The molecule has 2 nitrogen and oxygen atoms in total. The number of pyridine rings is 1. The van der Waals surface area contributed by atoms with Gasteiger partial charge < -0.3 is 0 Å². The summed E-state index contributed by atoms with van der Waals surface area (Å²) in [5.74, 6) is 0. The third-order valence-electron chi connectivity index (χ3n) is 3.70. The molecule has 0 spiro atoms. The van der Waals surface area contributed by atoms with Crippen molar-refractivity contribution in [2.75, 3.05) is 0 Å². The Morgan fingerprint density at radius 2 is 1.65 bits per heavy atom. The SMILES string of the molecule is N#Cc1c(Cl)nc(-c2ccc(Cl)cc2)c2c1CCCC2. The summed E-state index contributed by atoms with van der Waals surface area (Å²) >= 11 is 12.1. The van der Waals surface area contributed by atoms with Gasteiger partial charge in [-0.2, -0.15) is 5.26 Å². The normalized spacial score (nSPS) is 13.7. The Morgan fingerprint density at radius 1 is 1.00 bits per heavy atom. The third kappa shape index (κ3) is 2.28. The molecule has 0 unspecified atom stereocenters. The van der Waals surface area contributed by atoms with Crippen LogP contribution in [0.15, 0.2) is 24.3 Å². The van der Waals surface area contributed by atoms with Crippen LogP contribution < -0.4 is 0 Å². The molecule has 20 heavy (non-hydrogen) atoms. The van der Waals surface area contributed by atoms with Crippen molar-refractivity contribution in [3.63, 3.8) is 0 Å². The molecule has 100 valence electrons. The summed E-state index contributed by atoms with van der Waals surface area (Å²) in [4.78, 5) is 4.46. The lowest BCUT2D eigenvalue weighted by Gasteiger charge is -2.20. The largest absolute Gasteiger partial charge is 0.234 e. The number of nitriles is 1. The number of hydrogen-bond donors (Lipinski definition) is 0. The van der Waals surface area contributed by atoms with E-state index in [0.717, 1.165) is 42.5 Å². The zero-order chi connectivity index (χ0) is 14.1. The van der Waals surface area contributed by atoms with E-state index in [-0.39, 0.29) is 0 Å². The average molecular weight is 303 g/mol. The van der Waals surface area contributed by atoms with Crippen LogP contribution in [0.1, 0.15) is 29.5 Å². The number of halogens is 2. The highest BCUT2D eigenvalue weighted by molar-refractivity contribution is 6.31. The lowest BCUT2D eigenvalue weighted by Crippen LogP contribution is -2.09. The molecule has 4 heteroatoms. The molecule has 0 saturated heterocycles. The molecule has 1 aromatic heterocycles. The summed E-state index contributed by atoms with van der Waals surface area (Å²) < 4.78 is 0. The predicted octanol–water partition coefficient (Wildman–Crippen LogP) is 4.81. The van der Waals surface area contributed by atoms with Crippen LogP contribution in [-0.4, -0.2) is 4.98 Å². The number of rotatable bonds is 1. The van der Waals surface area contributed by atoms with E-state index in [9.17, 15) is 5.26 Å². The van der Waals surface area contributed by atoms with Crippen molar-refractivity contribution in [3.05, 3.63) is 51.1 Å². The van der Waals surface area contributed by atoms with Gasteiger partial charge in [0.1, 0.15) is 11.2 Å². The molecule has 1 aromatic carbocycles. The Labute approximate surface area is 128 Å². The van der Waals surface area contributed by atoms with Gasteiger partial charge in [0.05, 0.1) is 11.3 Å². The van der Waals surface area contributed by atoms with Crippen LogP contribution in [-0.2, 0) is 12.8 Å². The van der Waals surface area contributed by atoms with Gasteiger partial charge in [-0.25, -0.2) is 4.98 Å². The van der Waals surface area contributed by atoms with Gasteiger partial charge in [-0.1, -0.05) is 35.3 Å². The molecule has 3 rings (SSSR count). The highest BCUT2D eigenvalue weighted by atomic mass is 35.5. The zero-order valence-electron chi connectivity index (χ0n) is 10.8. The first kappa shape index (κ1) is 13.4. The quantitative estimate of drug-likeness (QED) is 0.709. The van der Waals surface area contributed by atoms with Gasteiger partial charge in [-0.15, -0.1) is 0 Å². The molecule has 0 amide bonds. The molecule has 0 bridgehead atoms. The molecular weight excluding hydrogens is 291 g/mol. The molecule has 1 aliphatic carbocycles. The number of aromatic nitrogens is 1. The average Bonchev–Trinajstić information content (AvgIpc) is 2.47. The maximum Gasteiger partial charge on any atom is 0.147 e. The van der Waals surface area contributed by atoms with E-state index in [2.05, 4.69) is 11.1 Å². The molecule has 0 N–H and O–H groups in total. The summed E-state index contributed by atoms with van der Waals surface area (Å²) in [7, 11) is 0. The van der Waals surface area contributed by atoms with Crippen LogP contribution in [0.5, 0.6) is 0 Å². The van der Waals surface area contributed by atoms with Crippen LogP contribution in [0.3, 0.4) is 0 Å². The molecule has 0 atom stereocenters. The number of benzene rings is 1. The maximum absolute atomic E-state index is 9.28. The van der Waals surface area contributed by atoms with E-state index < -0.39 is 0 Å². The second kappa shape index (κ2) is 5.44. The van der Waals surface area contributed by atoms with E-state index in [1.165, 1.54) is 5.56 Å². The van der Waals surface area contributed by atoms with E-state index in [1.807, 2.05) is 24.3 Å². The van der Waals surface area contributed by atoms with Gasteiger partial charge in [-0.05, 0) is 48.9 Å². The molecule has 0 saturated carbocycles. The van der Waals surface area contributed by atoms with Crippen LogP contribution >= 0.6 is 23.2 Å². The first-order chi connectivity index (χ1) is 9.70. The van der Waals surface area contributed by atoms with Gasteiger partial charge in [-0.3, -0.25) is 0 Å². The van der Waals surface area contributed by atoms with Gasteiger partial charge >= 0.3 is 0 Å². The van der Waals surface area contributed by atoms with Crippen molar-refractivity contribution in [1.29, 1.82) is 5.26 Å². The molecular formula is C16H12Cl2N2. The Balaban J connectivity index is 2.24. The molecule has 2 aromatic rings. The highest BCUT2D eigenvalue weighted by Gasteiger charge is 2.21. The summed E-state index contributed by atoms with van der Waals surface area (Å²) in [6, 6.07) is 9.78. The monoisotopic (exact) mass is 302 g/mol. The molecule has 0 radical (unpaired) electrons. The minimum Gasteiger partial charge on any atom is -0.234 e. The summed E-state index contributed by atoms with van der Waals surface area (Å²) in [5.41, 5.74) is 4.67. The van der Waals surface area contributed by atoms with Gasteiger partial charge in [0.15, 0.2) is 0 Å². The van der Waals surface area contributed by atoms with Crippen LogP contribution in [0, 0.1) is 11.3 Å². The molecule has 0 fully saturated rings. The fraction of sp³-hybridized carbons (Fsp3) is 0.250. The standard InChI is InChI=1S/C16H12Cl2N2/c17-11-7-5-10(6-8-11)15-13-4-2-1-3-12(13)14(9-19)16(18)20-15/h5-8H,1-4H2. The minimum atomic E-state index is 0.304. The Morgan fingerprint density at radius 3 is 2.30 bits per heavy atom. The van der Waals surface area contributed by atoms with E-state index >= 15 is 0 Å². The van der Waals surface area contributed by atoms with Gasteiger partial charge in [0.25, 0.3) is 0 Å². The third-order valence-corrected chi connectivity index (χ3v) is 4.23. The highest BCUT2D eigenvalue weighted by Crippen LogP contribution is 2.35. The van der Waals surface area contributed by atoms with Crippen LogP contribution in [0.2, 0.25) is 10.2 Å². The molecule has 1 aliphatic rings. The van der Waals surface area contributed by atoms with Crippen molar-refractivity contribution in [3.8, 4) is 17.3 Å². The predicted molar refractivity (Wildman–Crippen MR) is 81.1 cm³/mol. The van der Waals surface area contributed by atoms with Crippen LogP contribution in [0.25, 0.3) is 11.3 Å². The van der Waals surface area contributed by atoms with Gasteiger partial charge in [0, 0.05) is 10.6 Å². The number of hydrogen-bond acceptors (Lipinski definition) is 2. The first-order valence-electron chi connectivity index (χ1n) is 6.58. The summed E-state index contributed by atoms with van der Waals surface area (Å²) in [5, 5.41) is 10.3. The van der Waals surface area contributed by atoms with Crippen molar-refractivity contribution in [1.82, 2.24) is 4.98 Å². The zero-order valence-corrected chi connectivity index (χ0v) is 12.3. The molecule has 1 heterocycles. The second-order valence-corrected chi connectivity index (χ2v) is 5.70. The maximum atomic E-state index is 9.28. The topological polar surface area (TPSA) is 36.7 Å². The minimum absolute atomic E-state index is 0.304. The first-order valence-corrected chi connectivity index (χ1v) is 7.33. The molecule has 0 aliphatic heterocycles.